The average molecular weight is 346 g/mol. The van der Waals surface area contributed by atoms with Crippen molar-refractivity contribution in [3.63, 3.8) is 0 Å². The van der Waals surface area contributed by atoms with E-state index in [0.717, 1.165) is 31.4 Å². The Labute approximate surface area is 145 Å². The fourth-order valence-electron chi connectivity index (χ4n) is 4.26. The predicted molar refractivity (Wildman–Crippen MR) is 88.8 cm³/mol. The number of rotatable bonds is 2. The molecule has 0 N–H and O–H groups in total. The SMILES string of the molecule is O=C(C1CC=CC1)N1CC[C@@]2(CC(=O)N(c3ccc(F)c(F)c3)C2)C1. The molecule has 0 unspecified atom stereocenters. The van der Waals surface area contributed by atoms with Gasteiger partial charge in [0.1, 0.15) is 0 Å². The lowest BCUT2D eigenvalue weighted by atomic mass is 9.86. The molecule has 0 radical (unpaired) electrons. The largest absolute Gasteiger partial charge is 0.342 e. The number of halogens is 2. The molecule has 6 heteroatoms. The summed E-state index contributed by atoms with van der Waals surface area (Å²) in [5.41, 5.74) is 0.106. The summed E-state index contributed by atoms with van der Waals surface area (Å²) in [4.78, 5) is 28.5. The fourth-order valence-corrected chi connectivity index (χ4v) is 4.26. The van der Waals surface area contributed by atoms with E-state index in [9.17, 15) is 18.4 Å². The molecular weight excluding hydrogens is 326 g/mol. The number of benzene rings is 1. The molecule has 2 amide bonds. The van der Waals surface area contributed by atoms with Crippen molar-refractivity contribution in [1.82, 2.24) is 4.90 Å². The molecular formula is C19H20F2N2O2. The van der Waals surface area contributed by atoms with Crippen LogP contribution >= 0.6 is 0 Å². The van der Waals surface area contributed by atoms with Gasteiger partial charge in [-0.3, -0.25) is 9.59 Å². The Hall–Kier alpha value is -2.24. The molecule has 2 heterocycles. The molecule has 0 aromatic heterocycles. The number of hydrogen-bond acceptors (Lipinski definition) is 2. The Bertz CT molecular complexity index is 756. The van der Waals surface area contributed by atoms with E-state index in [1.165, 1.54) is 11.0 Å². The van der Waals surface area contributed by atoms with Gasteiger partial charge in [-0.2, -0.15) is 0 Å². The van der Waals surface area contributed by atoms with Crippen molar-refractivity contribution in [2.45, 2.75) is 25.7 Å². The van der Waals surface area contributed by atoms with E-state index >= 15 is 0 Å². The molecule has 4 nitrogen and oxygen atoms in total. The van der Waals surface area contributed by atoms with Crippen LogP contribution in [0.5, 0.6) is 0 Å². The van der Waals surface area contributed by atoms with Crippen LogP contribution in [0.2, 0.25) is 0 Å². The quantitative estimate of drug-likeness (QED) is 0.773. The molecule has 1 aromatic carbocycles. The fraction of sp³-hybridized carbons (Fsp3) is 0.474. The van der Waals surface area contributed by atoms with E-state index in [1.807, 2.05) is 17.1 Å². The van der Waals surface area contributed by atoms with Gasteiger partial charge in [-0.05, 0) is 31.4 Å². The van der Waals surface area contributed by atoms with Crippen molar-refractivity contribution in [2.24, 2.45) is 11.3 Å². The van der Waals surface area contributed by atoms with E-state index in [4.69, 9.17) is 0 Å². The van der Waals surface area contributed by atoms with Crippen LogP contribution in [-0.2, 0) is 9.59 Å². The van der Waals surface area contributed by atoms with E-state index in [2.05, 4.69) is 0 Å². The minimum absolute atomic E-state index is 0.0366. The number of nitrogens with zero attached hydrogens (tertiary/aromatic N) is 2. The number of carbonyl (C=O) groups excluding carboxylic acids is 2. The summed E-state index contributed by atoms with van der Waals surface area (Å²) in [5, 5.41) is 0. The first-order valence-electron chi connectivity index (χ1n) is 8.67. The van der Waals surface area contributed by atoms with E-state index < -0.39 is 11.6 Å². The first kappa shape index (κ1) is 16.2. The molecule has 0 saturated carbocycles. The predicted octanol–water partition coefficient (Wildman–Crippen LogP) is 2.89. The second kappa shape index (κ2) is 5.93. The topological polar surface area (TPSA) is 40.6 Å². The van der Waals surface area contributed by atoms with Gasteiger partial charge in [0.15, 0.2) is 11.6 Å². The summed E-state index contributed by atoms with van der Waals surface area (Å²) >= 11 is 0. The van der Waals surface area contributed by atoms with Crippen molar-refractivity contribution in [3.8, 4) is 0 Å². The molecule has 2 aliphatic heterocycles. The standard InChI is InChI=1S/C19H20F2N2O2/c20-15-6-5-14(9-16(15)21)23-12-19(10-17(23)24)7-8-22(11-19)18(25)13-3-1-2-4-13/h1-2,5-6,9,13H,3-4,7-8,10-12H2/t19-/m1/s1. The van der Waals surface area contributed by atoms with Crippen LogP contribution in [0.4, 0.5) is 14.5 Å². The molecule has 132 valence electrons. The maximum absolute atomic E-state index is 13.5. The number of likely N-dealkylation sites (tertiary alicyclic amines) is 1. The van der Waals surface area contributed by atoms with Crippen LogP contribution in [0.25, 0.3) is 0 Å². The third-order valence-corrected chi connectivity index (χ3v) is 5.64. The van der Waals surface area contributed by atoms with Crippen LogP contribution in [-0.4, -0.2) is 36.3 Å². The van der Waals surface area contributed by atoms with Gasteiger partial charge in [-0.25, -0.2) is 8.78 Å². The molecule has 2 saturated heterocycles. The summed E-state index contributed by atoms with van der Waals surface area (Å²) in [5.74, 6) is -1.77. The normalized spacial score (nSPS) is 26.4. The van der Waals surface area contributed by atoms with Gasteiger partial charge in [0.25, 0.3) is 0 Å². The lowest BCUT2D eigenvalue weighted by Gasteiger charge is -2.25. The number of carbonyl (C=O) groups is 2. The number of anilines is 1. The van der Waals surface area contributed by atoms with E-state index in [-0.39, 0.29) is 23.1 Å². The Morgan fingerprint density at radius 2 is 1.88 bits per heavy atom. The zero-order chi connectivity index (χ0) is 17.6. The molecule has 25 heavy (non-hydrogen) atoms. The summed E-state index contributed by atoms with van der Waals surface area (Å²) in [6.07, 6.45) is 6.78. The number of allylic oxidation sites excluding steroid dienone is 2. The van der Waals surface area contributed by atoms with Gasteiger partial charge in [0.05, 0.1) is 0 Å². The van der Waals surface area contributed by atoms with E-state index in [1.54, 1.807) is 0 Å². The second-order valence-electron chi connectivity index (χ2n) is 7.40. The minimum Gasteiger partial charge on any atom is -0.342 e. The summed E-state index contributed by atoms with van der Waals surface area (Å²) < 4.78 is 26.6. The molecule has 0 bridgehead atoms. The monoisotopic (exact) mass is 346 g/mol. The van der Waals surface area contributed by atoms with Crippen LogP contribution in [0.1, 0.15) is 25.7 Å². The van der Waals surface area contributed by atoms with Crippen molar-refractivity contribution in [1.29, 1.82) is 0 Å². The molecule has 1 aliphatic carbocycles. The number of hydrogen-bond donors (Lipinski definition) is 0. The minimum atomic E-state index is -0.955. The highest BCUT2D eigenvalue weighted by Gasteiger charge is 2.49. The average Bonchev–Trinajstić information content (AvgIpc) is 3.31. The maximum Gasteiger partial charge on any atom is 0.227 e. The summed E-state index contributed by atoms with van der Waals surface area (Å²) in [7, 11) is 0. The van der Waals surface area contributed by atoms with Gasteiger partial charge in [-0.1, -0.05) is 12.2 Å². The van der Waals surface area contributed by atoms with Gasteiger partial charge in [0.2, 0.25) is 11.8 Å². The Kier molecular flexibility index (Phi) is 3.85. The Morgan fingerprint density at radius 3 is 2.60 bits per heavy atom. The zero-order valence-corrected chi connectivity index (χ0v) is 13.9. The smallest absolute Gasteiger partial charge is 0.227 e. The maximum atomic E-state index is 13.5. The summed E-state index contributed by atoms with van der Waals surface area (Å²) in [6.45, 7) is 1.67. The van der Waals surface area contributed by atoms with E-state index in [0.29, 0.717) is 31.7 Å². The van der Waals surface area contributed by atoms with Gasteiger partial charge in [0, 0.05) is 49.1 Å². The third kappa shape index (κ3) is 2.83. The van der Waals surface area contributed by atoms with Gasteiger partial charge >= 0.3 is 0 Å². The Morgan fingerprint density at radius 1 is 1.12 bits per heavy atom. The van der Waals surface area contributed by atoms with Gasteiger partial charge in [-0.15, -0.1) is 0 Å². The third-order valence-electron chi connectivity index (χ3n) is 5.64. The summed E-state index contributed by atoms with van der Waals surface area (Å²) in [6, 6.07) is 3.53. The highest BCUT2D eigenvalue weighted by molar-refractivity contribution is 5.96. The molecule has 1 aromatic rings. The van der Waals surface area contributed by atoms with Gasteiger partial charge < -0.3 is 9.80 Å². The highest BCUT2D eigenvalue weighted by Crippen LogP contribution is 2.42. The van der Waals surface area contributed by atoms with Crippen LogP contribution < -0.4 is 4.90 Å². The molecule has 1 spiro atoms. The first-order valence-corrected chi connectivity index (χ1v) is 8.67. The number of amides is 2. The molecule has 2 fully saturated rings. The van der Waals surface area contributed by atoms with Crippen LogP contribution in [0.3, 0.4) is 0 Å². The van der Waals surface area contributed by atoms with Crippen molar-refractivity contribution in [3.05, 3.63) is 42.0 Å². The van der Waals surface area contributed by atoms with Crippen LogP contribution in [0, 0.1) is 23.0 Å². The first-order chi connectivity index (χ1) is 12.0. The van der Waals surface area contributed by atoms with Crippen molar-refractivity contribution in [2.75, 3.05) is 24.5 Å². The second-order valence-corrected chi connectivity index (χ2v) is 7.40. The lowest BCUT2D eigenvalue weighted by Crippen LogP contribution is -2.37. The van der Waals surface area contributed by atoms with Crippen molar-refractivity contribution < 1.29 is 18.4 Å². The molecule has 1 atom stereocenters. The van der Waals surface area contributed by atoms with Crippen LogP contribution in [0.15, 0.2) is 30.4 Å². The highest BCUT2D eigenvalue weighted by atomic mass is 19.2. The zero-order valence-electron chi connectivity index (χ0n) is 13.9. The van der Waals surface area contributed by atoms with Crippen molar-refractivity contribution >= 4 is 17.5 Å². The lowest BCUT2D eigenvalue weighted by molar-refractivity contribution is -0.134. The molecule has 4 rings (SSSR count). The Balaban J connectivity index is 1.48. The molecule has 3 aliphatic rings.